The molecule has 0 bridgehead atoms. The van der Waals surface area contributed by atoms with Crippen molar-refractivity contribution in [2.75, 3.05) is 32.5 Å². The zero-order valence-electron chi connectivity index (χ0n) is 15.8. The van der Waals surface area contributed by atoms with Crippen molar-refractivity contribution in [3.05, 3.63) is 72.3 Å². The number of rotatable bonds is 7. The number of benzene rings is 3. The van der Waals surface area contributed by atoms with Gasteiger partial charge in [0.2, 0.25) is 10.0 Å². The second kappa shape index (κ2) is 8.52. The van der Waals surface area contributed by atoms with Gasteiger partial charge in [0.1, 0.15) is 0 Å². The number of hydrogen-bond donors (Lipinski definition) is 2. The number of anilines is 1. The van der Waals surface area contributed by atoms with Crippen molar-refractivity contribution in [3.8, 4) is 0 Å². The zero-order chi connectivity index (χ0) is 20.1. The van der Waals surface area contributed by atoms with Crippen molar-refractivity contribution >= 4 is 32.4 Å². The van der Waals surface area contributed by atoms with E-state index in [1.165, 1.54) is 6.07 Å². The maximum Gasteiger partial charge on any atom is 0.255 e. The molecule has 0 heterocycles. The van der Waals surface area contributed by atoms with Gasteiger partial charge in [0.15, 0.2) is 0 Å². The third-order valence-corrected chi connectivity index (χ3v) is 5.83. The first-order valence-electron chi connectivity index (χ1n) is 8.91. The molecule has 0 saturated heterocycles. The summed E-state index contributed by atoms with van der Waals surface area (Å²) >= 11 is 0. The van der Waals surface area contributed by atoms with Crippen LogP contribution in [0.5, 0.6) is 0 Å². The maximum atomic E-state index is 12.8. The molecule has 0 radical (unpaired) electrons. The van der Waals surface area contributed by atoms with Gasteiger partial charge in [-0.3, -0.25) is 4.79 Å². The number of carbonyl (C=O) groups excluding carboxylic acids is 1. The van der Waals surface area contributed by atoms with Crippen LogP contribution in [0.25, 0.3) is 10.8 Å². The Bertz CT molecular complexity index is 1080. The summed E-state index contributed by atoms with van der Waals surface area (Å²) in [5.74, 6) is -0.245. The van der Waals surface area contributed by atoms with Crippen LogP contribution < -0.4 is 10.0 Å². The van der Waals surface area contributed by atoms with Gasteiger partial charge in [-0.2, -0.15) is 0 Å². The van der Waals surface area contributed by atoms with E-state index in [0.29, 0.717) is 35.1 Å². The topological polar surface area (TPSA) is 78.5 Å². The predicted octanol–water partition coefficient (Wildman–Crippen LogP) is 2.93. The molecule has 0 aromatic heterocycles. The molecule has 1 amide bonds. The fraction of sp³-hybridized carbons (Fsp3) is 0.190. The molecule has 0 fully saturated rings. The number of sulfonamides is 1. The molecule has 0 aliphatic carbocycles. The molecule has 0 atom stereocenters. The van der Waals surface area contributed by atoms with E-state index in [2.05, 4.69) is 10.0 Å². The van der Waals surface area contributed by atoms with E-state index in [4.69, 9.17) is 0 Å². The molecular formula is C21H23N3O3S. The van der Waals surface area contributed by atoms with Crippen LogP contribution in [0.4, 0.5) is 5.69 Å². The molecule has 0 spiro atoms. The van der Waals surface area contributed by atoms with Gasteiger partial charge in [-0.25, -0.2) is 13.1 Å². The van der Waals surface area contributed by atoms with Gasteiger partial charge in [0.25, 0.3) is 5.91 Å². The quantitative estimate of drug-likeness (QED) is 0.643. The Hall–Kier alpha value is -2.74. The first-order valence-corrected chi connectivity index (χ1v) is 10.4. The molecule has 6 nitrogen and oxygen atoms in total. The van der Waals surface area contributed by atoms with Crippen LogP contribution in [0, 0.1) is 0 Å². The van der Waals surface area contributed by atoms with Crippen LogP contribution in [0.3, 0.4) is 0 Å². The Balaban J connectivity index is 1.94. The summed E-state index contributed by atoms with van der Waals surface area (Å²) in [7, 11) is 0.0964. The van der Waals surface area contributed by atoms with E-state index in [1.807, 2.05) is 31.1 Å². The molecule has 28 heavy (non-hydrogen) atoms. The summed E-state index contributed by atoms with van der Waals surface area (Å²) in [5, 5.41) is 4.11. The minimum Gasteiger partial charge on any atom is -0.321 e. The van der Waals surface area contributed by atoms with Crippen LogP contribution in [0.1, 0.15) is 10.4 Å². The zero-order valence-corrected chi connectivity index (χ0v) is 16.7. The van der Waals surface area contributed by atoms with Gasteiger partial charge < -0.3 is 10.2 Å². The van der Waals surface area contributed by atoms with Gasteiger partial charge in [0.05, 0.1) is 4.90 Å². The fourth-order valence-corrected chi connectivity index (χ4v) is 4.11. The molecular weight excluding hydrogens is 374 g/mol. The molecule has 3 rings (SSSR count). The third kappa shape index (κ3) is 4.56. The number of likely N-dealkylation sites (N-methyl/N-ethyl adjacent to an activating group) is 1. The van der Waals surface area contributed by atoms with Crippen molar-refractivity contribution in [1.82, 2.24) is 9.62 Å². The SMILES string of the molecule is CN(C)CCNS(=O)(=O)c1ccc(NC(=O)c2ccccc2)c2ccccc12. The lowest BCUT2D eigenvalue weighted by atomic mass is 10.1. The number of amides is 1. The van der Waals surface area contributed by atoms with E-state index in [-0.39, 0.29) is 10.8 Å². The molecule has 0 aliphatic rings. The normalized spacial score (nSPS) is 11.7. The van der Waals surface area contributed by atoms with E-state index >= 15 is 0 Å². The van der Waals surface area contributed by atoms with Crippen molar-refractivity contribution in [2.45, 2.75) is 4.90 Å². The van der Waals surface area contributed by atoms with E-state index < -0.39 is 10.0 Å². The Morgan fingerprint density at radius 2 is 1.54 bits per heavy atom. The van der Waals surface area contributed by atoms with Gasteiger partial charge in [-0.15, -0.1) is 0 Å². The molecule has 0 unspecified atom stereocenters. The average molecular weight is 398 g/mol. The highest BCUT2D eigenvalue weighted by atomic mass is 32.2. The van der Waals surface area contributed by atoms with Crippen LogP contribution in [-0.2, 0) is 10.0 Å². The highest BCUT2D eigenvalue weighted by Gasteiger charge is 2.19. The van der Waals surface area contributed by atoms with Crippen LogP contribution in [0.15, 0.2) is 71.6 Å². The second-order valence-electron chi connectivity index (χ2n) is 6.68. The lowest BCUT2D eigenvalue weighted by molar-refractivity contribution is 0.102. The van der Waals surface area contributed by atoms with E-state index in [1.54, 1.807) is 48.5 Å². The van der Waals surface area contributed by atoms with Gasteiger partial charge >= 0.3 is 0 Å². The Morgan fingerprint density at radius 3 is 2.21 bits per heavy atom. The molecule has 3 aromatic carbocycles. The summed E-state index contributed by atoms with van der Waals surface area (Å²) < 4.78 is 28.2. The van der Waals surface area contributed by atoms with Crippen molar-refractivity contribution < 1.29 is 13.2 Å². The molecule has 7 heteroatoms. The molecule has 146 valence electrons. The largest absolute Gasteiger partial charge is 0.321 e. The first kappa shape index (κ1) is 20.0. The van der Waals surface area contributed by atoms with Crippen molar-refractivity contribution in [2.24, 2.45) is 0 Å². The first-order chi connectivity index (χ1) is 13.4. The van der Waals surface area contributed by atoms with E-state index in [0.717, 1.165) is 0 Å². The monoisotopic (exact) mass is 397 g/mol. The summed E-state index contributed by atoms with van der Waals surface area (Å²) in [6, 6.07) is 19.2. The van der Waals surface area contributed by atoms with E-state index in [9.17, 15) is 13.2 Å². The van der Waals surface area contributed by atoms with Gasteiger partial charge in [-0.05, 0) is 38.4 Å². The third-order valence-electron chi connectivity index (χ3n) is 4.31. The second-order valence-corrected chi connectivity index (χ2v) is 8.41. The smallest absolute Gasteiger partial charge is 0.255 e. The van der Waals surface area contributed by atoms with Gasteiger partial charge in [-0.1, -0.05) is 42.5 Å². The molecule has 0 saturated carbocycles. The summed E-state index contributed by atoms with van der Waals surface area (Å²) in [5.41, 5.74) is 1.10. The number of nitrogens with zero attached hydrogens (tertiary/aromatic N) is 1. The Kier molecular flexibility index (Phi) is 6.08. The number of hydrogen-bond acceptors (Lipinski definition) is 4. The molecule has 3 aromatic rings. The van der Waals surface area contributed by atoms with Crippen molar-refractivity contribution in [3.63, 3.8) is 0 Å². The molecule has 0 aliphatic heterocycles. The number of nitrogens with one attached hydrogen (secondary N) is 2. The highest BCUT2D eigenvalue weighted by molar-refractivity contribution is 7.89. The summed E-state index contributed by atoms with van der Waals surface area (Å²) in [6.45, 7) is 0.915. The highest BCUT2D eigenvalue weighted by Crippen LogP contribution is 2.29. The number of fused-ring (bicyclic) bond motifs is 1. The van der Waals surface area contributed by atoms with Gasteiger partial charge in [0, 0.05) is 35.1 Å². The fourth-order valence-electron chi connectivity index (χ4n) is 2.88. The molecule has 2 N–H and O–H groups in total. The number of carbonyl (C=O) groups is 1. The predicted molar refractivity (Wildman–Crippen MR) is 112 cm³/mol. The Labute approximate surface area is 165 Å². The standard InChI is InChI=1S/C21H23N3O3S/c1-24(2)15-14-22-28(26,27)20-13-12-19(17-10-6-7-11-18(17)20)23-21(25)16-8-4-3-5-9-16/h3-13,22H,14-15H2,1-2H3,(H,23,25). The minimum atomic E-state index is -3.67. The Morgan fingerprint density at radius 1 is 0.893 bits per heavy atom. The average Bonchev–Trinajstić information content (AvgIpc) is 2.68. The van der Waals surface area contributed by atoms with Crippen LogP contribution in [0.2, 0.25) is 0 Å². The summed E-state index contributed by atoms with van der Waals surface area (Å²) in [6.07, 6.45) is 0. The lowest BCUT2D eigenvalue weighted by Gasteiger charge is -2.14. The van der Waals surface area contributed by atoms with Crippen LogP contribution in [-0.4, -0.2) is 46.4 Å². The minimum absolute atomic E-state index is 0.194. The van der Waals surface area contributed by atoms with Crippen molar-refractivity contribution in [1.29, 1.82) is 0 Å². The van der Waals surface area contributed by atoms with Crippen LogP contribution >= 0.6 is 0 Å². The summed E-state index contributed by atoms with van der Waals surface area (Å²) in [4.78, 5) is 14.6. The maximum absolute atomic E-state index is 12.8. The lowest BCUT2D eigenvalue weighted by Crippen LogP contribution is -2.31.